The smallest absolute Gasteiger partial charge is 0.408 e. The van der Waals surface area contributed by atoms with Gasteiger partial charge in [-0.25, -0.2) is 14.3 Å². The van der Waals surface area contributed by atoms with Crippen LogP contribution in [0.4, 0.5) is 10.6 Å². The van der Waals surface area contributed by atoms with Crippen molar-refractivity contribution in [3.05, 3.63) is 46.3 Å². The number of nitrogens with one attached hydrogen (secondary N) is 1. The Morgan fingerprint density at radius 3 is 2.82 bits per heavy atom. The second-order valence-electron chi connectivity index (χ2n) is 5.16. The lowest BCUT2D eigenvalue weighted by atomic mass is 10.5. The van der Waals surface area contributed by atoms with Crippen molar-refractivity contribution in [2.75, 3.05) is 6.61 Å². The molecule has 1 N–H and O–H groups in total. The van der Waals surface area contributed by atoms with Crippen molar-refractivity contribution in [3.8, 4) is 0 Å². The zero-order chi connectivity index (χ0) is 20.0. The van der Waals surface area contributed by atoms with Crippen LogP contribution >= 0.6 is 59.0 Å². The van der Waals surface area contributed by atoms with Crippen LogP contribution in [0.3, 0.4) is 0 Å². The number of alkyl halides is 3. The van der Waals surface area contributed by atoms with Gasteiger partial charge in [0, 0.05) is 6.92 Å². The maximum atomic E-state index is 12.0. The van der Waals surface area contributed by atoms with Crippen LogP contribution in [-0.2, 0) is 17.0 Å². The molecule has 2 rings (SSSR count). The fourth-order valence-corrected chi connectivity index (χ4v) is 3.63. The van der Waals surface area contributed by atoms with E-state index in [0.717, 1.165) is 18.0 Å². The number of carbonyl (C=O) groups is 1. The number of thioether (sulfide) groups is 1. The molecular weight excluding hydrogens is 478 g/mol. The van der Waals surface area contributed by atoms with E-state index in [9.17, 15) is 14.9 Å². The predicted octanol–water partition coefficient (Wildman–Crippen LogP) is 4.47. The first-order chi connectivity index (χ1) is 12.7. The molecule has 0 fully saturated rings. The number of aryl methyl sites for hydroxylation is 1. The first kappa shape index (κ1) is 24.7. The molecule has 0 aliphatic heterocycles. The molecule has 0 saturated heterocycles. The van der Waals surface area contributed by atoms with Gasteiger partial charge in [-0.15, -0.1) is 24.2 Å². The lowest BCUT2D eigenvalue weighted by Gasteiger charge is -2.24. The molecule has 1 atom stereocenters. The lowest BCUT2D eigenvalue weighted by Crippen LogP contribution is -2.42. The summed E-state index contributed by atoms with van der Waals surface area (Å²) < 4.78 is 9.77. The van der Waals surface area contributed by atoms with Crippen LogP contribution in [-0.4, -0.2) is 36.3 Å². The van der Waals surface area contributed by atoms with E-state index in [-0.39, 0.29) is 31.4 Å². The third-order valence-electron chi connectivity index (χ3n) is 3.29. The Kier molecular flexibility index (Phi) is 9.72. The molecule has 28 heavy (non-hydrogen) atoms. The van der Waals surface area contributed by atoms with Gasteiger partial charge in [0.2, 0.25) is 3.79 Å². The molecule has 0 aliphatic rings. The molecule has 1 amide bonds. The van der Waals surface area contributed by atoms with Gasteiger partial charge in [-0.3, -0.25) is 0 Å². The number of halogens is 4. The van der Waals surface area contributed by atoms with Gasteiger partial charge in [0.15, 0.2) is 5.82 Å². The van der Waals surface area contributed by atoms with Crippen molar-refractivity contribution in [2.24, 2.45) is 0 Å². The second kappa shape index (κ2) is 11.0. The maximum Gasteiger partial charge on any atom is 0.408 e. The summed E-state index contributed by atoms with van der Waals surface area (Å²) in [5.41, 5.74) is 0. The Bertz CT molecular complexity index is 781. The minimum atomic E-state index is -1.78. The monoisotopic (exact) mass is 492 g/mol. The molecule has 0 aliphatic carbocycles. The standard InChI is InChI=1S/C14H15Cl3N4O5S.ClH/c1-9-18-7-11(21(23)24)20(9)4-6-26-13(22)19-12(14(15,16)17)27-8-10-3-2-5-25-10;/h2-3,5,7,12H,4,6,8H2,1H3,(H,19,22);1H. The Labute approximate surface area is 185 Å². The highest BCUT2D eigenvalue weighted by molar-refractivity contribution is 7.99. The van der Waals surface area contributed by atoms with Gasteiger partial charge in [-0.05, 0) is 17.1 Å². The molecule has 2 aromatic rings. The van der Waals surface area contributed by atoms with Crippen LogP contribution in [0.5, 0.6) is 0 Å². The number of imidazole rings is 1. The van der Waals surface area contributed by atoms with Crippen LogP contribution in [0.2, 0.25) is 0 Å². The third kappa shape index (κ3) is 7.25. The molecule has 14 heteroatoms. The average Bonchev–Trinajstić information content (AvgIpc) is 3.20. The van der Waals surface area contributed by atoms with Crippen molar-refractivity contribution < 1.29 is 18.9 Å². The van der Waals surface area contributed by atoms with Crippen molar-refractivity contribution in [1.82, 2.24) is 14.9 Å². The second-order valence-corrected chi connectivity index (χ2v) is 8.63. The minimum Gasteiger partial charge on any atom is -0.468 e. The molecule has 1 unspecified atom stereocenters. The number of ether oxygens (including phenoxy) is 1. The molecule has 9 nitrogen and oxygen atoms in total. The molecule has 0 radical (unpaired) electrons. The molecule has 2 aromatic heterocycles. The van der Waals surface area contributed by atoms with E-state index < -0.39 is 20.2 Å². The van der Waals surface area contributed by atoms with Crippen LogP contribution in [0.15, 0.2) is 29.0 Å². The van der Waals surface area contributed by atoms with E-state index in [0.29, 0.717) is 17.3 Å². The van der Waals surface area contributed by atoms with Gasteiger partial charge in [-0.1, -0.05) is 34.8 Å². The Morgan fingerprint density at radius 1 is 1.54 bits per heavy atom. The summed E-state index contributed by atoms with van der Waals surface area (Å²) in [4.78, 5) is 26.2. The first-order valence-corrected chi connectivity index (χ1v) is 9.67. The number of hydrogen-bond acceptors (Lipinski definition) is 7. The molecular formula is C14H16Cl4N4O5S. The number of nitro groups is 1. The fourth-order valence-electron chi connectivity index (χ4n) is 2.03. The number of carbonyl (C=O) groups excluding carboxylic acids is 1. The molecule has 0 bridgehead atoms. The lowest BCUT2D eigenvalue weighted by molar-refractivity contribution is -0.392. The molecule has 0 aromatic carbocycles. The minimum absolute atomic E-state index is 0. The maximum absolute atomic E-state index is 12.0. The van der Waals surface area contributed by atoms with Crippen molar-refractivity contribution >= 4 is 70.9 Å². The Balaban J connectivity index is 0.00000392. The van der Waals surface area contributed by atoms with E-state index in [1.54, 1.807) is 19.1 Å². The zero-order valence-corrected chi connectivity index (χ0v) is 18.2. The van der Waals surface area contributed by atoms with Crippen molar-refractivity contribution in [2.45, 2.75) is 28.4 Å². The Hall–Kier alpha value is -1.33. The summed E-state index contributed by atoms with van der Waals surface area (Å²) >= 11 is 18.8. The molecule has 0 spiro atoms. The van der Waals surface area contributed by atoms with Crippen LogP contribution in [0, 0.1) is 17.0 Å². The SMILES string of the molecule is Cc1ncc([N+](=O)[O-])n1CCOC(=O)NC(SCc1ccco1)C(Cl)(Cl)Cl.Cl. The van der Waals surface area contributed by atoms with E-state index in [1.165, 1.54) is 10.8 Å². The molecule has 156 valence electrons. The zero-order valence-electron chi connectivity index (χ0n) is 14.3. The molecule has 0 saturated carbocycles. The van der Waals surface area contributed by atoms with Crippen LogP contribution in [0.25, 0.3) is 0 Å². The van der Waals surface area contributed by atoms with Gasteiger partial charge in [0.05, 0.1) is 12.0 Å². The van der Waals surface area contributed by atoms with E-state index >= 15 is 0 Å². The number of rotatable bonds is 8. The number of furan rings is 1. The topological polar surface area (TPSA) is 112 Å². The average molecular weight is 494 g/mol. The van der Waals surface area contributed by atoms with E-state index in [2.05, 4.69) is 10.3 Å². The number of nitrogens with zero attached hydrogens (tertiary/aromatic N) is 3. The normalized spacial score (nSPS) is 12.1. The number of hydrogen-bond donors (Lipinski definition) is 1. The third-order valence-corrected chi connectivity index (χ3v) is 5.59. The van der Waals surface area contributed by atoms with Crippen LogP contribution < -0.4 is 5.32 Å². The highest BCUT2D eigenvalue weighted by atomic mass is 35.6. The summed E-state index contributed by atoms with van der Waals surface area (Å²) in [5.74, 6) is 1.26. The van der Waals surface area contributed by atoms with E-state index in [4.69, 9.17) is 44.0 Å². The fraction of sp³-hybridized carbons (Fsp3) is 0.429. The highest BCUT2D eigenvalue weighted by Gasteiger charge is 2.35. The summed E-state index contributed by atoms with van der Waals surface area (Å²) in [7, 11) is 0. The number of amides is 1. The Morgan fingerprint density at radius 2 is 2.25 bits per heavy atom. The highest BCUT2D eigenvalue weighted by Crippen LogP contribution is 2.37. The van der Waals surface area contributed by atoms with Gasteiger partial charge in [0.25, 0.3) is 0 Å². The summed E-state index contributed by atoms with van der Waals surface area (Å²) in [6.45, 7) is 1.55. The van der Waals surface area contributed by atoms with Gasteiger partial charge in [0.1, 0.15) is 30.5 Å². The van der Waals surface area contributed by atoms with Gasteiger partial charge < -0.3 is 24.6 Å². The van der Waals surface area contributed by atoms with Gasteiger partial charge >= 0.3 is 11.9 Å². The quantitative estimate of drug-likeness (QED) is 0.250. The predicted molar refractivity (Wildman–Crippen MR) is 109 cm³/mol. The largest absolute Gasteiger partial charge is 0.468 e. The van der Waals surface area contributed by atoms with Gasteiger partial charge in [-0.2, -0.15) is 0 Å². The number of alkyl carbamates (subject to hydrolysis) is 1. The van der Waals surface area contributed by atoms with Crippen molar-refractivity contribution in [1.29, 1.82) is 0 Å². The first-order valence-electron chi connectivity index (χ1n) is 7.49. The van der Waals surface area contributed by atoms with E-state index in [1.807, 2.05) is 0 Å². The molecule has 2 heterocycles. The van der Waals surface area contributed by atoms with Crippen molar-refractivity contribution in [3.63, 3.8) is 0 Å². The summed E-state index contributed by atoms with van der Waals surface area (Å²) in [6.07, 6.45) is 1.83. The summed E-state index contributed by atoms with van der Waals surface area (Å²) in [6, 6.07) is 3.47. The van der Waals surface area contributed by atoms with Crippen LogP contribution in [0.1, 0.15) is 11.6 Å². The number of aromatic nitrogens is 2. The summed E-state index contributed by atoms with van der Waals surface area (Å²) in [5, 5.41) is 12.5.